The molecule has 26 heavy (non-hydrogen) atoms. The van der Waals surface area contributed by atoms with Crippen LogP contribution in [-0.4, -0.2) is 31.3 Å². The van der Waals surface area contributed by atoms with E-state index in [1.165, 1.54) is 9.75 Å². The number of hydrogen-bond donors (Lipinski definition) is 3. The molecule has 0 aliphatic carbocycles. The highest BCUT2D eigenvalue weighted by atomic mass is 127. The maximum atomic E-state index is 10.3. The van der Waals surface area contributed by atoms with E-state index < -0.39 is 6.10 Å². The largest absolute Gasteiger partial charge is 0.497 e. The van der Waals surface area contributed by atoms with Gasteiger partial charge < -0.3 is 20.5 Å². The molecular formula is C19H28IN3O2S. The molecule has 2 rings (SSSR count). The lowest BCUT2D eigenvalue weighted by Gasteiger charge is -2.15. The third kappa shape index (κ3) is 7.13. The van der Waals surface area contributed by atoms with Crippen molar-refractivity contribution in [3.63, 3.8) is 0 Å². The number of rotatable bonds is 8. The molecule has 0 saturated carbocycles. The van der Waals surface area contributed by atoms with Gasteiger partial charge in [0.2, 0.25) is 0 Å². The molecule has 7 heteroatoms. The van der Waals surface area contributed by atoms with Crippen LogP contribution in [0.5, 0.6) is 5.75 Å². The Morgan fingerprint density at radius 1 is 1.12 bits per heavy atom. The number of ether oxygens (including phenoxy) is 1. The number of thiophene rings is 1. The van der Waals surface area contributed by atoms with Gasteiger partial charge in [0.1, 0.15) is 5.75 Å². The van der Waals surface area contributed by atoms with Crippen LogP contribution in [0.25, 0.3) is 0 Å². The minimum absolute atomic E-state index is 0. The average molecular weight is 489 g/mol. The standard InChI is InChI=1S/C19H27N3O2S.HI/c1-4-16-10-11-17(25-16)12-21-19(20-5-2)22-13-18(23)14-6-8-15(24-3)9-7-14;/h6-11,18,23H,4-5,12-13H2,1-3H3,(H2,20,21,22);1H. The van der Waals surface area contributed by atoms with Crippen LogP contribution in [0.2, 0.25) is 0 Å². The van der Waals surface area contributed by atoms with Crippen LogP contribution in [-0.2, 0) is 13.0 Å². The summed E-state index contributed by atoms with van der Waals surface area (Å²) in [6, 6.07) is 11.7. The Hall–Kier alpha value is -1.32. The third-order valence-electron chi connectivity index (χ3n) is 3.77. The molecule has 1 aromatic carbocycles. The van der Waals surface area contributed by atoms with Crippen molar-refractivity contribution in [3.8, 4) is 5.75 Å². The molecule has 1 aromatic heterocycles. The van der Waals surface area contributed by atoms with Crippen LogP contribution >= 0.6 is 35.3 Å². The van der Waals surface area contributed by atoms with E-state index >= 15 is 0 Å². The number of nitrogens with zero attached hydrogens (tertiary/aromatic N) is 1. The van der Waals surface area contributed by atoms with E-state index in [0.29, 0.717) is 19.0 Å². The first-order valence-corrected chi connectivity index (χ1v) is 9.39. The van der Waals surface area contributed by atoms with Crippen molar-refractivity contribution in [1.29, 1.82) is 0 Å². The quantitative estimate of drug-likeness (QED) is 0.301. The van der Waals surface area contributed by atoms with E-state index in [0.717, 1.165) is 24.3 Å². The molecule has 0 aliphatic rings. The molecule has 0 spiro atoms. The molecule has 1 unspecified atom stereocenters. The third-order valence-corrected chi connectivity index (χ3v) is 4.98. The predicted octanol–water partition coefficient (Wildman–Crippen LogP) is 3.73. The van der Waals surface area contributed by atoms with E-state index in [2.05, 4.69) is 34.7 Å². The number of methoxy groups -OCH3 is 1. The van der Waals surface area contributed by atoms with Crippen LogP contribution < -0.4 is 15.4 Å². The van der Waals surface area contributed by atoms with Crippen molar-refractivity contribution in [3.05, 3.63) is 51.7 Å². The van der Waals surface area contributed by atoms with Crippen LogP contribution in [0.4, 0.5) is 0 Å². The Kier molecular flexibility index (Phi) is 10.6. The summed E-state index contributed by atoms with van der Waals surface area (Å²) in [6.07, 6.45) is 0.448. The van der Waals surface area contributed by atoms with Gasteiger partial charge in [-0.2, -0.15) is 0 Å². The molecule has 0 aliphatic heterocycles. The SMILES string of the molecule is CCNC(=NCc1ccc(CC)s1)NCC(O)c1ccc(OC)cc1.I. The van der Waals surface area contributed by atoms with Gasteiger partial charge in [0.05, 0.1) is 19.8 Å². The topological polar surface area (TPSA) is 65.9 Å². The summed E-state index contributed by atoms with van der Waals surface area (Å²) < 4.78 is 5.14. The molecule has 0 amide bonds. The minimum atomic E-state index is -0.608. The predicted molar refractivity (Wildman–Crippen MR) is 120 cm³/mol. The first-order chi connectivity index (χ1) is 12.2. The number of aryl methyl sites for hydroxylation is 1. The summed E-state index contributed by atoms with van der Waals surface area (Å²) in [7, 11) is 1.63. The van der Waals surface area contributed by atoms with Gasteiger partial charge in [-0.1, -0.05) is 19.1 Å². The average Bonchev–Trinajstić information content (AvgIpc) is 3.12. The lowest BCUT2D eigenvalue weighted by Crippen LogP contribution is -2.39. The van der Waals surface area contributed by atoms with Gasteiger partial charge in [-0.3, -0.25) is 0 Å². The van der Waals surface area contributed by atoms with E-state index in [-0.39, 0.29) is 24.0 Å². The van der Waals surface area contributed by atoms with Crippen molar-refractivity contribution >= 4 is 41.3 Å². The van der Waals surface area contributed by atoms with Gasteiger partial charge in [0.15, 0.2) is 5.96 Å². The summed E-state index contributed by atoms with van der Waals surface area (Å²) in [5, 5.41) is 16.7. The Morgan fingerprint density at radius 2 is 1.81 bits per heavy atom. The van der Waals surface area contributed by atoms with Crippen molar-refractivity contribution in [2.75, 3.05) is 20.2 Å². The van der Waals surface area contributed by atoms with Crippen LogP contribution in [0.3, 0.4) is 0 Å². The Morgan fingerprint density at radius 3 is 2.38 bits per heavy atom. The fraction of sp³-hybridized carbons (Fsp3) is 0.421. The zero-order valence-corrected chi connectivity index (χ0v) is 18.6. The molecule has 0 saturated heterocycles. The Balaban J connectivity index is 0.00000338. The zero-order valence-electron chi connectivity index (χ0n) is 15.5. The van der Waals surface area contributed by atoms with Gasteiger partial charge in [-0.25, -0.2) is 4.99 Å². The maximum Gasteiger partial charge on any atom is 0.191 e. The summed E-state index contributed by atoms with van der Waals surface area (Å²) in [4.78, 5) is 7.21. The van der Waals surface area contributed by atoms with Crippen molar-refractivity contribution in [2.24, 2.45) is 4.99 Å². The number of hydrogen-bond acceptors (Lipinski definition) is 4. The number of aliphatic hydroxyl groups excluding tert-OH is 1. The van der Waals surface area contributed by atoms with Gasteiger partial charge in [-0.05, 0) is 43.2 Å². The van der Waals surface area contributed by atoms with Gasteiger partial charge >= 0.3 is 0 Å². The van der Waals surface area contributed by atoms with E-state index in [1.807, 2.05) is 31.2 Å². The second-order valence-corrected chi connectivity index (χ2v) is 6.84. The van der Waals surface area contributed by atoms with Gasteiger partial charge in [0, 0.05) is 22.8 Å². The molecule has 0 fully saturated rings. The highest BCUT2D eigenvalue weighted by Crippen LogP contribution is 2.18. The molecule has 2 aromatic rings. The summed E-state index contributed by atoms with van der Waals surface area (Å²) in [5.41, 5.74) is 0.843. The molecule has 144 valence electrons. The molecule has 0 radical (unpaired) electrons. The summed E-state index contributed by atoms with van der Waals surface area (Å²) >= 11 is 1.79. The molecule has 5 nitrogen and oxygen atoms in total. The van der Waals surface area contributed by atoms with Crippen molar-refractivity contribution < 1.29 is 9.84 Å². The summed E-state index contributed by atoms with van der Waals surface area (Å²) in [5.74, 6) is 1.49. The van der Waals surface area contributed by atoms with Crippen LogP contribution in [0.15, 0.2) is 41.4 Å². The Labute approximate surface area is 176 Å². The molecule has 1 heterocycles. The van der Waals surface area contributed by atoms with Crippen molar-refractivity contribution in [1.82, 2.24) is 10.6 Å². The smallest absolute Gasteiger partial charge is 0.191 e. The van der Waals surface area contributed by atoms with Crippen LogP contribution in [0, 0.1) is 0 Å². The fourth-order valence-electron chi connectivity index (χ4n) is 2.33. The number of halogens is 1. The van der Waals surface area contributed by atoms with Crippen molar-refractivity contribution in [2.45, 2.75) is 32.9 Å². The van der Waals surface area contributed by atoms with E-state index in [9.17, 15) is 5.11 Å². The molecular weight excluding hydrogens is 461 g/mol. The minimum Gasteiger partial charge on any atom is -0.497 e. The second-order valence-electron chi connectivity index (χ2n) is 5.59. The number of aliphatic hydroxyl groups is 1. The normalized spacial score (nSPS) is 12.2. The fourth-order valence-corrected chi connectivity index (χ4v) is 3.22. The lowest BCUT2D eigenvalue weighted by atomic mass is 10.1. The lowest BCUT2D eigenvalue weighted by molar-refractivity contribution is 0.180. The number of guanidine groups is 1. The first kappa shape index (κ1) is 22.7. The first-order valence-electron chi connectivity index (χ1n) is 8.58. The van der Waals surface area contributed by atoms with E-state index in [4.69, 9.17) is 4.74 Å². The van der Waals surface area contributed by atoms with Gasteiger partial charge in [0.25, 0.3) is 0 Å². The Bertz CT molecular complexity index is 674. The zero-order chi connectivity index (χ0) is 18.1. The second kappa shape index (κ2) is 12.1. The number of benzene rings is 1. The highest BCUT2D eigenvalue weighted by molar-refractivity contribution is 14.0. The highest BCUT2D eigenvalue weighted by Gasteiger charge is 2.09. The molecule has 1 atom stereocenters. The molecule has 0 bridgehead atoms. The van der Waals surface area contributed by atoms with E-state index in [1.54, 1.807) is 18.4 Å². The van der Waals surface area contributed by atoms with Gasteiger partial charge in [-0.15, -0.1) is 35.3 Å². The monoisotopic (exact) mass is 489 g/mol. The summed E-state index contributed by atoms with van der Waals surface area (Å²) in [6.45, 7) is 5.99. The maximum absolute atomic E-state index is 10.3. The number of aliphatic imine (C=N–C) groups is 1. The number of nitrogens with one attached hydrogen (secondary N) is 2. The molecule has 3 N–H and O–H groups in total. The van der Waals surface area contributed by atoms with Crippen LogP contribution in [0.1, 0.15) is 35.3 Å².